The van der Waals surface area contributed by atoms with Crippen LogP contribution in [0.4, 0.5) is 35.2 Å². The molecule has 1 aromatic heterocycles. The second-order valence-electron chi connectivity index (χ2n) is 8.21. The number of aromatic nitrogens is 1. The van der Waals surface area contributed by atoms with Gasteiger partial charge in [-0.25, -0.2) is 9.78 Å². The zero-order valence-corrected chi connectivity index (χ0v) is 17.6. The Hall–Kier alpha value is -3.59. The van der Waals surface area contributed by atoms with Gasteiger partial charge < -0.3 is 16.0 Å². The van der Waals surface area contributed by atoms with E-state index in [2.05, 4.69) is 15.2 Å². The Kier molecular flexibility index (Phi) is 5.20. The van der Waals surface area contributed by atoms with Crippen LogP contribution in [-0.2, 0) is 12.7 Å². The number of carbonyl (C=O) groups is 1. The summed E-state index contributed by atoms with van der Waals surface area (Å²) in [5, 5.41) is 2.91. The molecule has 2 bridgehead atoms. The molecule has 3 heterocycles. The summed E-state index contributed by atoms with van der Waals surface area (Å²) in [7, 11) is 0. The number of nitrogens with two attached hydrogens (primary N) is 1. The summed E-state index contributed by atoms with van der Waals surface area (Å²) in [4.78, 5) is 21.7. The van der Waals surface area contributed by atoms with E-state index in [0.29, 0.717) is 35.9 Å². The highest BCUT2D eigenvalue weighted by molar-refractivity contribution is 6.04. The Labute approximate surface area is 188 Å². The van der Waals surface area contributed by atoms with Gasteiger partial charge in [-0.2, -0.15) is 13.2 Å². The lowest BCUT2D eigenvalue weighted by Gasteiger charge is -2.36. The van der Waals surface area contributed by atoms with Crippen LogP contribution in [0.3, 0.4) is 0 Å². The topological polar surface area (TPSA) is 74.5 Å². The molecule has 0 aliphatic carbocycles. The zero-order chi connectivity index (χ0) is 23.2. The normalized spacial score (nSPS) is 17.2. The molecule has 2 aliphatic rings. The van der Waals surface area contributed by atoms with Crippen molar-refractivity contribution in [3.63, 3.8) is 0 Å². The minimum Gasteiger partial charge on any atom is -0.366 e. The molecule has 1 fully saturated rings. The predicted molar refractivity (Wildman–Crippen MR) is 121 cm³/mol. The number of amides is 2. The smallest absolute Gasteiger partial charge is 0.366 e. The first-order valence-corrected chi connectivity index (χ1v) is 10.7. The summed E-state index contributed by atoms with van der Waals surface area (Å²) in [5.74, 6) is 0.453. The van der Waals surface area contributed by atoms with Gasteiger partial charge in [0.1, 0.15) is 0 Å². The first-order chi connectivity index (χ1) is 15.8. The van der Waals surface area contributed by atoms with Crippen molar-refractivity contribution < 1.29 is 18.0 Å². The van der Waals surface area contributed by atoms with Gasteiger partial charge in [-0.1, -0.05) is 24.3 Å². The lowest BCUT2D eigenvalue weighted by atomic mass is 10.1. The van der Waals surface area contributed by atoms with Crippen molar-refractivity contribution in [1.82, 2.24) is 4.98 Å². The maximum Gasteiger partial charge on any atom is 0.416 e. The fourth-order valence-corrected chi connectivity index (χ4v) is 4.39. The summed E-state index contributed by atoms with van der Waals surface area (Å²) < 4.78 is 39.6. The van der Waals surface area contributed by atoms with Crippen molar-refractivity contribution in [2.75, 3.05) is 28.2 Å². The molecule has 2 amide bonds. The Morgan fingerprint density at radius 1 is 1.12 bits per heavy atom. The molecule has 0 radical (unpaired) electrons. The van der Waals surface area contributed by atoms with Gasteiger partial charge in [-0.3, -0.25) is 4.90 Å². The number of pyridine rings is 1. The molecular formula is C24H22F3N5O. The Morgan fingerprint density at radius 3 is 2.64 bits per heavy atom. The molecule has 2 aliphatic heterocycles. The lowest BCUT2D eigenvalue weighted by molar-refractivity contribution is -0.137. The summed E-state index contributed by atoms with van der Waals surface area (Å²) in [6, 6.07) is 15.5. The van der Waals surface area contributed by atoms with E-state index in [0.717, 1.165) is 36.3 Å². The molecule has 0 spiro atoms. The number of nitrogens with one attached hydrogen (secondary N) is 1. The SMILES string of the molecule is NCc1ccc(NC(=O)N2c3nc(-c4cccc(C(F)(F)F)c4)ccc3N3CC[C@H]2C3)cc1. The third-order valence-electron chi connectivity index (χ3n) is 6.10. The van der Waals surface area contributed by atoms with Gasteiger partial charge in [-0.05, 0) is 48.4 Å². The van der Waals surface area contributed by atoms with E-state index in [4.69, 9.17) is 5.73 Å². The van der Waals surface area contributed by atoms with E-state index in [1.54, 1.807) is 29.2 Å². The van der Waals surface area contributed by atoms with Crippen LogP contribution in [0, 0.1) is 0 Å². The zero-order valence-electron chi connectivity index (χ0n) is 17.6. The molecule has 2 aromatic carbocycles. The summed E-state index contributed by atoms with van der Waals surface area (Å²) in [6.45, 7) is 1.89. The molecular weight excluding hydrogens is 431 g/mol. The van der Waals surface area contributed by atoms with Crippen LogP contribution in [0.15, 0.2) is 60.7 Å². The predicted octanol–water partition coefficient (Wildman–Crippen LogP) is 4.86. The van der Waals surface area contributed by atoms with Gasteiger partial charge in [0.15, 0.2) is 5.82 Å². The summed E-state index contributed by atoms with van der Waals surface area (Å²) in [6.07, 6.45) is -3.66. The Bertz CT molecular complexity index is 1200. The van der Waals surface area contributed by atoms with E-state index in [-0.39, 0.29) is 12.1 Å². The van der Waals surface area contributed by atoms with Crippen molar-refractivity contribution in [2.24, 2.45) is 5.73 Å². The molecule has 1 saturated heterocycles. The molecule has 5 rings (SSSR count). The summed E-state index contributed by atoms with van der Waals surface area (Å²) >= 11 is 0. The van der Waals surface area contributed by atoms with E-state index >= 15 is 0 Å². The molecule has 0 unspecified atom stereocenters. The average molecular weight is 453 g/mol. The fraction of sp³-hybridized carbons (Fsp3) is 0.250. The van der Waals surface area contributed by atoms with E-state index < -0.39 is 11.7 Å². The quantitative estimate of drug-likeness (QED) is 0.594. The minimum atomic E-state index is -4.44. The minimum absolute atomic E-state index is 0.0647. The summed E-state index contributed by atoms with van der Waals surface area (Å²) in [5.41, 5.74) is 8.01. The Balaban J connectivity index is 1.50. The number of fused-ring (bicyclic) bond motifs is 4. The number of alkyl halides is 3. The van der Waals surface area contributed by atoms with Crippen molar-refractivity contribution in [2.45, 2.75) is 25.2 Å². The first-order valence-electron chi connectivity index (χ1n) is 10.7. The van der Waals surface area contributed by atoms with Gasteiger partial charge in [0.2, 0.25) is 0 Å². The highest BCUT2D eigenvalue weighted by Crippen LogP contribution is 2.41. The van der Waals surface area contributed by atoms with Crippen LogP contribution in [-0.4, -0.2) is 30.1 Å². The van der Waals surface area contributed by atoms with Gasteiger partial charge in [-0.15, -0.1) is 0 Å². The van der Waals surface area contributed by atoms with Crippen molar-refractivity contribution in [1.29, 1.82) is 0 Å². The number of urea groups is 1. The molecule has 3 N–H and O–H groups in total. The van der Waals surface area contributed by atoms with Crippen molar-refractivity contribution in [3.8, 4) is 11.3 Å². The van der Waals surface area contributed by atoms with Crippen molar-refractivity contribution >= 4 is 23.2 Å². The fourth-order valence-electron chi connectivity index (χ4n) is 4.39. The number of hydrogen-bond acceptors (Lipinski definition) is 4. The first kappa shape index (κ1) is 21.3. The van der Waals surface area contributed by atoms with Crippen LogP contribution in [0.1, 0.15) is 17.5 Å². The molecule has 33 heavy (non-hydrogen) atoms. The number of nitrogens with zero attached hydrogens (tertiary/aromatic N) is 3. The lowest BCUT2D eigenvalue weighted by Crippen LogP contribution is -2.48. The molecule has 0 saturated carbocycles. The number of halogens is 3. The van der Waals surface area contributed by atoms with Gasteiger partial charge >= 0.3 is 12.2 Å². The largest absolute Gasteiger partial charge is 0.416 e. The van der Waals surface area contributed by atoms with Gasteiger partial charge in [0, 0.05) is 30.9 Å². The molecule has 6 nitrogen and oxygen atoms in total. The van der Waals surface area contributed by atoms with Crippen LogP contribution in [0.2, 0.25) is 0 Å². The maximum absolute atomic E-state index is 13.3. The third-order valence-corrected chi connectivity index (χ3v) is 6.10. The van der Waals surface area contributed by atoms with Gasteiger partial charge in [0.25, 0.3) is 0 Å². The standard InChI is InChI=1S/C24H22F3N5O/c25-24(26,27)17-3-1-2-16(12-17)20-8-9-21-22(30-20)32(19-10-11-31(21)14-19)23(33)29-18-6-4-15(13-28)5-7-18/h1-9,12,19H,10-11,13-14,28H2,(H,29,33)/t19-/m0/s1. The van der Waals surface area contributed by atoms with Crippen LogP contribution in [0.5, 0.6) is 0 Å². The average Bonchev–Trinajstić information content (AvgIpc) is 3.23. The molecule has 9 heteroatoms. The van der Waals surface area contributed by atoms with Crippen molar-refractivity contribution in [3.05, 3.63) is 71.8 Å². The molecule has 1 atom stereocenters. The number of benzene rings is 2. The van der Waals surface area contributed by atoms with Crippen LogP contribution >= 0.6 is 0 Å². The van der Waals surface area contributed by atoms with E-state index in [1.807, 2.05) is 18.2 Å². The molecule has 170 valence electrons. The van der Waals surface area contributed by atoms with Crippen LogP contribution in [0.25, 0.3) is 11.3 Å². The second kappa shape index (κ2) is 8.08. The number of rotatable bonds is 3. The number of anilines is 3. The number of carbonyl (C=O) groups excluding carboxylic acids is 1. The van der Waals surface area contributed by atoms with E-state index in [9.17, 15) is 18.0 Å². The Morgan fingerprint density at radius 2 is 1.91 bits per heavy atom. The van der Waals surface area contributed by atoms with Crippen LogP contribution < -0.4 is 20.9 Å². The van der Waals surface area contributed by atoms with E-state index in [1.165, 1.54) is 6.07 Å². The van der Waals surface area contributed by atoms with Gasteiger partial charge in [0.05, 0.1) is 23.0 Å². The monoisotopic (exact) mass is 453 g/mol. The third kappa shape index (κ3) is 4.00. The second-order valence-corrected chi connectivity index (χ2v) is 8.21. The maximum atomic E-state index is 13.3. The number of hydrogen-bond donors (Lipinski definition) is 2. The highest BCUT2D eigenvalue weighted by Gasteiger charge is 2.40. The molecule has 3 aromatic rings. The highest BCUT2D eigenvalue weighted by atomic mass is 19.4.